The maximum absolute atomic E-state index is 13.4. The second-order valence-corrected chi connectivity index (χ2v) is 12.1. The van der Waals surface area contributed by atoms with Gasteiger partial charge in [0.1, 0.15) is 6.04 Å². The summed E-state index contributed by atoms with van der Waals surface area (Å²) in [5, 5.41) is 7.92. The second-order valence-electron chi connectivity index (χ2n) is 10.9. The first-order chi connectivity index (χ1) is 19.4. The maximum atomic E-state index is 13.4. The number of para-hydroxylation sites is 1. The summed E-state index contributed by atoms with van der Waals surface area (Å²) in [4.78, 5) is 34.7. The third-order valence-electron chi connectivity index (χ3n) is 8.13. The van der Waals surface area contributed by atoms with Crippen LogP contribution in [0.3, 0.4) is 0 Å². The predicted molar refractivity (Wildman–Crippen MR) is 162 cm³/mol. The minimum absolute atomic E-state index is 0.149. The van der Waals surface area contributed by atoms with Gasteiger partial charge < -0.3 is 15.6 Å². The van der Waals surface area contributed by atoms with Crippen molar-refractivity contribution in [3.8, 4) is 0 Å². The number of carbonyl (C=O) groups is 2. The van der Waals surface area contributed by atoms with Crippen molar-refractivity contribution in [1.29, 1.82) is 0 Å². The van der Waals surface area contributed by atoms with E-state index in [0.717, 1.165) is 48.2 Å². The lowest BCUT2D eigenvalue weighted by Gasteiger charge is -2.40. The Kier molecular flexibility index (Phi) is 9.92. The highest BCUT2D eigenvalue weighted by atomic mass is 35.5. The fourth-order valence-corrected chi connectivity index (χ4v) is 6.57. The van der Waals surface area contributed by atoms with Crippen molar-refractivity contribution in [1.82, 2.24) is 25.4 Å². The van der Waals surface area contributed by atoms with Gasteiger partial charge in [0.05, 0.1) is 21.6 Å². The van der Waals surface area contributed by atoms with Crippen LogP contribution in [0.1, 0.15) is 43.2 Å². The lowest BCUT2D eigenvalue weighted by atomic mass is 9.94. The van der Waals surface area contributed by atoms with Crippen LogP contribution < -0.4 is 10.6 Å². The van der Waals surface area contributed by atoms with Gasteiger partial charge in [0, 0.05) is 62.3 Å². The number of fused-ring (bicyclic) bond motifs is 1. The van der Waals surface area contributed by atoms with Crippen LogP contribution in [0.5, 0.6) is 0 Å². The molecule has 1 aliphatic heterocycles. The van der Waals surface area contributed by atoms with Crippen LogP contribution in [-0.4, -0.2) is 71.4 Å². The topological polar surface area (TPSA) is 80.5 Å². The fraction of sp³-hybridized carbons (Fsp3) is 0.467. The van der Waals surface area contributed by atoms with Crippen LogP contribution in [0.2, 0.25) is 15.1 Å². The van der Waals surface area contributed by atoms with Crippen molar-refractivity contribution in [2.75, 3.05) is 32.7 Å². The highest BCUT2D eigenvalue weighted by Gasteiger charge is 2.28. The SMILES string of the molecule is O=C(CN1CCN(C2CCCCC2)CC1)NC(Cc1c[nH]c2ccccc12)C(=O)NCc1cc(Cl)c(Cl)c(Cl)c1. The van der Waals surface area contributed by atoms with E-state index < -0.39 is 6.04 Å². The molecule has 0 spiro atoms. The zero-order valence-electron chi connectivity index (χ0n) is 22.5. The molecular formula is C30H36Cl3N5O2. The first-order valence-corrected chi connectivity index (χ1v) is 15.2. The molecule has 1 aliphatic carbocycles. The summed E-state index contributed by atoms with van der Waals surface area (Å²) in [6.07, 6.45) is 8.85. The summed E-state index contributed by atoms with van der Waals surface area (Å²) < 4.78 is 0. The van der Waals surface area contributed by atoms with Gasteiger partial charge in [0.2, 0.25) is 11.8 Å². The van der Waals surface area contributed by atoms with E-state index in [2.05, 4.69) is 25.4 Å². The largest absolute Gasteiger partial charge is 0.361 e. The molecule has 7 nitrogen and oxygen atoms in total. The smallest absolute Gasteiger partial charge is 0.243 e. The normalized spacial score (nSPS) is 18.1. The first-order valence-electron chi connectivity index (χ1n) is 14.1. The molecule has 1 atom stereocenters. The van der Waals surface area contributed by atoms with Gasteiger partial charge >= 0.3 is 0 Å². The number of benzene rings is 2. The van der Waals surface area contributed by atoms with Gasteiger partial charge in [-0.25, -0.2) is 0 Å². The van der Waals surface area contributed by atoms with Gasteiger partial charge in [-0.15, -0.1) is 0 Å². The number of rotatable bonds is 9. The molecule has 2 aromatic carbocycles. The lowest BCUT2D eigenvalue weighted by molar-refractivity contribution is -0.129. The van der Waals surface area contributed by atoms with Gasteiger partial charge in [-0.3, -0.25) is 19.4 Å². The van der Waals surface area contributed by atoms with E-state index in [9.17, 15) is 9.59 Å². The molecular weight excluding hydrogens is 569 g/mol. The molecule has 1 saturated heterocycles. The van der Waals surface area contributed by atoms with Crippen LogP contribution in [-0.2, 0) is 22.6 Å². The quantitative estimate of drug-likeness (QED) is 0.285. The molecule has 10 heteroatoms. The highest BCUT2D eigenvalue weighted by molar-refractivity contribution is 6.48. The zero-order valence-corrected chi connectivity index (χ0v) is 24.8. The van der Waals surface area contributed by atoms with Crippen LogP contribution in [0.4, 0.5) is 0 Å². The number of aromatic nitrogens is 1. The molecule has 2 amide bonds. The number of hydrogen-bond donors (Lipinski definition) is 3. The average molecular weight is 605 g/mol. The molecule has 1 aromatic heterocycles. The van der Waals surface area contributed by atoms with Gasteiger partial charge in [-0.05, 0) is 42.2 Å². The number of carbonyl (C=O) groups excluding carboxylic acids is 2. The zero-order chi connectivity index (χ0) is 28.1. The van der Waals surface area contributed by atoms with E-state index in [4.69, 9.17) is 34.8 Å². The maximum Gasteiger partial charge on any atom is 0.243 e. The van der Waals surface area contributed by atoms with Crippen molar-refractivity contribution >= 4 is 57.5 Å². The van der Waals surface area contributed by atoms with Crippen LogP contribution >= 0.6 is 34.8 Å². The summed E-state index contributed by atoms with van der Waals surface area (Å²) >= 11 is 18.4. The van der Waals surface area contributed by atoms with Gasteiger partial charge in [0.25, 0.3) is 0 Å². The van der Waals surface area contributed by atoms with E-state index in [0.29, 0.717) is 22.5 Å². The molecule has 0 bridgehead atoms. The van der Waals surface area contributed by atoms with Crippen molar-refractivity contribution in [2.45, 2.75) is 57.2 Å². The monoisotopic (exact) mass is 603 g/mol. The van der Waals surface area contributed by atoms with Crippen molar-refractivity contribution < 1.29 is 9.59 Å². The molecule has 0 radical (unpaired) electrons. The van der Waals surface area contributed by atoms with Gasteiger partial charge in [-0.1, -0.05) is 72.3 Å². The third-order valence-corrected chi connectivity index (χ3v) is 9.32. The molecule has 3 N–H and O–H groups in total. The summed E-state index contributed by atoms with van der Waals surface area (Å²) in [6, 6.07) is 11.2. The molecule has 40 heavy (non-hydrogen) atoms. The van der Waals surface area contributed by atoms with Crippen molar-refractivity contribution in [2.24, 2.45) is 0 Å². The van der Waals surface area contributed by atoms with Crippen molar-refractivity contribution in [3.05, 3.63) is 68.8 Å². The van der Waals surface area contributed by atoms with E-state index >= 15 is 0 Å². The van der Waals surface area contributed by atoms with E-state index in [1.165, 1.54) is 32.1 Å². The number of H-pyrrole nitrogens is 1. The van der Waals surface area contributed by atoms with Crippen molar-refractivity contribution in [3.63, 3.8) is 0 Å². The number of nitrogens with one attached hydrogen (secondary N) is 3. The Labute approximate surface area is 250 Å². The summed E-state index contributed by atoms with van der Waals surface area (Å²) in [7, 11) is 0. The Morgan fingerprint density at radius 1 is 0.975 bits per heavy atom. The minimum Gasteiger partial charge on any atom is -0.361 e. The molecule has 2 fully saturated rings. The summed E-state index contributed by atoms with van der Waals surface area (Å²) in [5.41, 5.74) is 2.68. The Hall–Kier alpha value is -2.29. The Morgan fingerprint density at radius 3 is 2.40 bits per heavy atom. The Balaban J connectivity index is 1.22. The molecule has 2 aliphatic rings. The summed E-state index contributed by atoms with van der Waals surface area (Å²) in [5.74, 6) is -0.424. The Morgan fingerprint density at radius 2 is 1.68 bits per heavy atom. The molecule has 5 rings (SSSR count). The van der Waals surface area contributed by atoms with Gasteiger partial charge in [-0.2, -0.15) is 0 Å². The molecule has 214 valence electrons. The predicted octanol–water partition coefficient (Wildman–Crippen LogP) is 5.42. The van der Waals surface area contributed by atoms with E-state index in [1.807, 2.05) is 30.5 Å². The molecule has 1 unspecified atom stereocenters. The number of halogens is 3. The van der Waals surface area contributed by atoms with Crippen LogP contribution in [0, 0.1) is 0 Å². The van der Waals surface area contributed by atoms with Crippen LogP contribution in [0.15, 0.2) is 42.6 Å². The minimum atomic E-state index is -0.742. The standard InChI is InChI=1S/C30H36Cl3N5O2/c31-24-14-20(15-25(32)29(24)33)17-35-30(40)27(16-21-18-34-26-9-5-4-8-23(21)26)36-28(39)19-37-10-12-38(13-11-37)22-6-2-1-3-7-22/h4-5,8-9,14-15,18,22,27,34H,1-3,6-7,10-13,16-17,19H2,(H,35,40)(H,36,39). The second kappa shape index (κ2) is 13.6. The Bertz CT molecular complexity index is 1310. The van der Waals surface area contributed by atoms with Crippen LogP contribution in [0.25, 0.3) is 10.9 Å². The number of nitrogens with zero attached hydrogens (tertiary/aromatic N) is 2. The number of piperazine rings is 1. The molecule has 3 aromatic rings. The van der Waals surface area contributed by atoms with E-state index in [-0.39, 0.29) is 29.9 Å². The number of amides is 2. The number of aromatic amines is 1. The lowest BCUT2D eigenvalue weighted by Crippen LogP contribution is -2.54. The van der Waals surface area contributed by atoms with E-state index in [1.54, 1.807) is 12.1 Å². The van der Waals surface area contributed by atoms with Gasteiger partial charge in [0.15, 0.2) is 0 Å². The fourth-order valence-electron chi connectivity index (χ4n) is 5.93. The average Bonchev–Trinajstić information content (AvgIpc) is 3.37. The number of hydrogen-bond acceptors (Lipinski definition) is 4. The summed E-state index contributed by atoms with van der Waals surface area (Å²) in [6.45, 7) is 4.19. The third kappa shape index (κ3) is 7.31. The molecule has 2 heterocycles. The first kappa shape index (κ1) is 29.2. The molecule has 1 saturated carbocycles. The highest BCUT2D eigenvalue weighted by Crippen LogP contribution is 2.31.